The second-order valence-electron chi connectivity index (χ2n) is 4.74. The molecule has 0 bridgehead atoms. The lowest BCUT2D eigenvalue weighted by Crippen LogP contribution is -2.03. The number of hydrogen-bond acceptors (Lipinski definition) is 2. The summed E-state index contributed by atoms with van der Waals surface area (Å²) >= 11 is 5.08. The number of halogens is 1. The van der Waals surface area contributed by atoms with Crippen molar-refractivity contribution in [1.29, 1.82) is 0 Å². The van der Waals surface area contributed by atoms with Crippen molar-refractivity contribution < 1.29 is 4.79 Å². The normalized spacial score (nSPS) is 21.9. The van der Waals surface area contributed by atoms with Gasteiger partial charge in [0.05, 0.1) is 3.79 Å². The Balaban J connectivity index is 1.79. The first-order valence-electron chi connectivity index (χ1n) is 6.02. The summed E-state index contributed by atoms with van der Waals surface area (Å²) in [5, 5.41) is 0. The highest BCUT2D eigenvalue weighted by molar-refractivity contribution is 9.11. The topological polar surface area (TPSA) is 17.1 Å². The van der Waals surface area contributed by atoms with Gasteiger partial charge >= 0.3 is 0 Å². The van der Waals surface area contributed by atoms with Crippen molar-refractivity contribution in [1.82, 2.24) is 0 Å². The maximum atomic E-state index is 12.4. The van der Waals surface area contributed by atoms with Crippen LogP contribution in [0.2, 0.25) is 0 Å². The summed E-state index contributed by atoms with van der Waals surface area (Å²) in [4.78, 5) is 13.5. The lowest BCUT2D eigenvalue weighted by Gasteiger charge is -2.00. The molecule has 1 saturated carbocycles. The van der Waals surface area contributed by atoms with E-state index in [4.69, 9.17) is 0 Å². The molecule has 2 atom stereocenters. The number of ketones is 1. The van der Waals surface area contributed by atoms with E-state index in [1.54, 1.807) is 11.3 Å². The van der Waals surface area contributed by atoms with E-state index < -0.39 is 0 Å². The number of thiophene rings is 1. The molecule has 1 aromatic carbocycles. The molecule has 18 heavy (non-hydrogen) atoms. The average molecular weight is 321 g/mol. The van der Waals surface area contributed by atoms with Crippen LogP contribution >= 0.6 is 27.3 Å². The molecule has 0 amide bonds. The Bertz CT molecular complexity index is 588. The molecule has 0 saturated heterocycles. The van der Waals surface area contributed by atoms with Crippen LogP contribution < -0.4 is 0 Å². The molecule has 0 radical (unpaired) electrons. The fraction of sp³-hybridized carbons (Fsp3) is 0.267. The fourth-order valence-electron chi connectivity index (χ4n) is 2.44. The molecule has 0 spiro atoms. The summed E-state index contributed by atoms with van der Waals surface area (Å²) in [6, 6.07) is 12.3. The lowest BCUT2D eigenvalue weighted by atomic mass is 10.0. The van der Waals surface area contributed by atoms with Crippen LogP contribution in [0.4, 0.5) is 0 Å². The zero-order valence-corrected chi connectivity index (χ0v) is 12.4. The van der Waals surface area contributed by atoms with Gasteiger partial charge in [0.15, 0.2) is 5.78 Å². The molecular formula is C15H13BrOS. The number of rotatable bonds is 3. The summed E-state index contributed by atoms with van der Waals surface area (Å²) in [5.74, 6) is 0.924. The summed E-state index contributed by atoms with van der Waals surface area (Å²) in [6.45, 7) is 2.02. The highest BCUT2D eigenvalue weighted by Crippen LogP contribution is 2.49. The van der Waals surface area contributed by atoms with Crippen LogP contribution in [0.25, 0.3) is 0 Å². The van der Waals surface area contributed by atoms with Crippen LogP contribution in [0.3, 0.4) is 0 Å². The van der Waals surface area contributed by atoms with Crippen molar-refractivity contribution in [2.45, 2.75) is 19.3 Å². The number of benzene rings is 1. The Morgan fingerprint density at radius 1 is 1.33 bits per heavy atom. The first-order chi connectivity index (χ1) is 8.66. The van der Waals surface area contributed by atoms with Crippen LogP contribution in [0.15, 0.2) is 40.2 Å². The SMILES string of the molecule is Cc1sc(Br)cc1C(=O)C1CC1c1ccccc1. The molecule has 92 valence electrons. The highest BCUT2D eigenvalue weighted by Gasteiger charge is 2.44. The van der Waals surface area contributed by atoms with Gasteiger partial charge in [-0.1, -0.05) is 30.3 Å². The number of carbonyl (C=O) groups excluding carboxylic acids is 1. The maximum absolute atomic E-state index is 12.4. The van der Waals surface area contributed by atoms with Gasteiger partial charge in [0.2, 0.25) is 0 Å². The average Bonchev–Trinajstić information content (AvgIpc) is 3.10. The zero-order valence-electron chi connectivity index (χ0n) is 10.0. The molecule has 1 aromatic heterocycles. The minimum atomic E-state index is 0.188. The first-order valence-corrected chi connectivity index (χ1v) is 7.63. The minimum absolute atomic E-state index is 0.188. The predicted octanol–water partition coefficient (Wildman–Crippen LogP) is 4.81. The molecule has 1 nitrogen and oxygen atoms in total. The molecular weight excluding hydrogens is 308 g/mol. The van der Waals surface area contributed by atoms with Crippen LogP contribution in [0.1, 0.15) is 33.1 Å². The quantitative estimate of drug-likeness (QED) is 0.742. The second kappa shape index (κ2) is 4.63. The molecule has 0 aliphatic heterocycles. The van der Waals surface area contributed by atoms with Gasteiger partial charge in [-0.25, -0.2) is 0 Å². The Labute approximate surface area is 119 Å². The zero-order chi connectivity index (χ0) is 12.7. The van der Waals surface area contributed by atoms with Gasteiger partial charge < -0.3 is 0 Å². The van der Waals surface area contributed by atoms with Crippen molar-refractivity contribution in [3.8, 4) is 0 Å². The minimum Gasteiger partial charge on any atom is -0.294 e. The van der Waals surface area contributed by atoms with Gasteiger partial charge in [-0.2, -0.15) is 0 Å². The Hall–Kier alpha value is -0.930. The predicted molar refractivity (Wildman–Crippen MR) is 78.4 cm³/mol. The van der Waals surface area contributed by atoms with E-state index in [9.17, 15) is 4.79 Å². The molecule has 1 heterocycles. The van der Waals surface area contributed by atoms with Crippen molar-refractivity contribution in [2.75, 3.05) is 0 Å². The van der Waals surface area contributed by atoms with Gasteiger partial charge in [0.25, 0.3) is 0 Å². The van der Waals surface area contributed by atoms with Gasteiger partial charge in [-0.05, 0) is 46.8 Å². The van der Waals surface area contributed by atoms with Gasteiger partial charge in [-0.15, -0.1) is 11.3 Å². The fourth-order valence-corrected chi connectivity index (χ4v) is 4.14. The van der Waals surface area contributed by atoms with E-state index in [0.717, 1.165) is 20.6 Å². The van der Waals surface area contributed by atoms with Crippen LogP contribution in [0.5, 0.6) is 0 Å². The molecule has 1 aliphatic rings. The maximum Gasteiger partial charge on any atom is 0.167 e. The Morgan fingerprint density at radius 2 is 2.06 bits per heavy atom. The summed E-state index contributed by atoms with van der Waals surface area (Å²) in [5.41, 5.74) is 2.19. The smallest absolute Gasteiger partial charge is 0.167 e. The standard InChI is InChI=1S/C15H13BrOS/c1-9-11(8-14(16)18-9)15(17)13-7-12(13)10-5-3-2-4-6-10/h2-6,8,12-13H,7H2,1H3. The number of Topliss-reactive ketones (excluding diaryl/α,β-unsaturated/α-hetero) is 1. The summed E-state index contributed by atoms with van der Waals surface area (Å²) < 4.78 is 1.04. The Morgan fingerprint density at radius 3 is 2.67 bits per heavy atom. The van der Waals surface area contributed by atoms with E-state index in [2.05, 4.69) is 28.1 Å². The third-order valence-electron chi connectivity index (χ3n) is 3.51. The number of aryl methyl sites for hydroxylation is 1. The van der Waals surface area contributed by atoms with Crippen LogP contribution in [-0.2, 0) is 0 Å². The lowest BCUT2D eigenvalue weighted by molar-refractivity contribution is 0.0965. The second-order valence-corrected chi connectivity index (χ2v) is 7.38. The first kappa shape index (κ1) is 12.1. The molecule has 2 unspecified atom stereocenters. The third kappa shape index (κ3) is 2.17. The van der Waals surface area contributed by atoms with E-state index in [0.29, 0.717) is 11.7 Å². The summed E-state index contributed by atoms with van der Waals surface area (Å²) in [7, 11) is 0. The largest absolute Gasteiger partial charge is 0.294 e. The summed E-state index contributed by atoms with van der Waals surface area (Å²) in [6.07, 6.45) is 0.996. The molecule has 3 rings (SSSR count). The van der Waals surface area contributed by atoms with Crippen molar-refractivity contribution in [3.05, 3.63) is 56.2 Å². The van der Waals surface area contributed by atoms with E-state index in [1.165, 1.54) is 5.56 Å². The Kier molecular flexibility index (Phi) is 3.12. The van der Waals surface area contributed by atoms with Crippen molar-refractivity contribution in [3.63, 3.8) is 0 Å². The van der Waals surface area contributed by atoms with Crippen LogP contribution in [-0.4, -0.2) is 5.78 Å². The monoisotopic (exact) mass is 320 g/mol. The van der Waals surface area contributed by atoms with E-state index in [1.807, 2.05) is 31.2 Å². The molecule has 2 aromatic rings. The number of carbonyl (C=O) groups is 1. The van der Waals surface area contributed by atoms with E-state index in [-0.39, 0.29) is 5.92 Å². The number of hydrogen-bond donors (Lipinski definition) is 0. The van der Waals surface area contributed by atoms with Crippen LogP contribution in [0, 0.1) is 12.8 Å². The third-order valence-corrected chi connectivity index (χ3v) is 5.06. The van der Waals surface area contributed by atoms with Crippen molar-refractivity contribution >= 4 is 33.0 Å². The highest BCUT2D eigenvalue weighted by atomic mass is 79.9. The van der Waals surface area contributed by atoms with Gasteiger partial charge in [0.1, 0.15) is 0 Å². The van der Waals surface area contributed by atoms with Gasteiger partial charge in [-0.3, -0.25) is 4.79 Å². The molecule has 1 fully saturated rings. The van der Waals surface area contributed by atoms with Crippen molar-refractivity contribution in [2.24, 2.45) is 5.92 Å². The van der Waals surface area contributed by atoms with E-state index >= 15 is 0 Å². The molecule has 1 aliphatic carbocycles. The molecule has 3 heteroatoms. The molecule has 0 N–H and O–H groups in total. The van der Waals surface area contributed by atoms with Gasteiger partial charge in [0, 0.05) is 16.4 Å².